The molecular formula is C25H23BrClFN8. The Kier molecular flexibility index (Phi) is 7.05. The molecule has 0 unspecified atom stereocenters. The van der Waals surface area contributed by atoms with Gasteiger partial charge < -0.3 is 15.5 Å². The Morgan fingerprint density at radius 2 is 2.03 bits per heavy atom. The molecule has 2 aromatic carbocycles. The summed E-state index contributed by atoms with van der Waals surface area (Å²) in [6.07, 6.45) is 5.63. The first-order valence-corrected chi connectivity index (χ1v) is 12.7. The van der Waals surface area contributed by atoms with E-state index in [-0.39, 0.29) is 5.02 Å². The van der Waals surface area contributed by atoms with Gasteiger partial charge >= 0.3 is 0 Å². The molecule has 5 rings (SSSR count). The van der Waals surface area contributed by atoms with Crippen molar-refractivity contribution in [2.24, 2.45) is 0 Å². The van der Waals surface area contributed by atoms with Crippen LogP contribution in [0.15, 0.2) is 47.2 Å². The van der Waals surface area contributed by atoms with Gasteiger partial charge in [-0.05, 0) is 79.2 Å². The maximum absolute atomic E-state index is 13.6. The molecule has 0 radical (unpaired) electrons. The third kappa shape index (κ3) is 5.14. The lowest BCUT2D eigenvalue weighted by Gasteiger charge is -2.28. The molecule has 8 nitrogen and oxygen atoms in total. The van der Waals surface area contributed by atoms with Crippen molar-refractivity contribution in [1.29, 1.82) is 5.26 Å². The molecule has 2 aromatic heterocycles. The van der Waals surface area contributed by atoms with Crippen LogP contribution in [0.5, 0.6) is 0 Å². The van der Waals surface area contributed by atoms with Crippen LogP contribution in [0.4, 0.5) is 21.5 Å². The van der Waals surface area contributed by atoms with Crippen molar-refractivity contribution in [2.45, 2.75) is 25.4 Å². The van der Waals surface area contributed by atoms with E-state index >= 15 is 0 Å². The van der Waals surface area contributed by atoms with Crippen LogP contribution >= 0.6 is 27.5 Å². The molecule has 1 fully saturated rings. The summed E-state index contributed by atoms with van der Waals surface area (Å²) in [4.78, 5) is 6.78. The fourth-order valence-corrected chi connectivity index (χ4v) is 5.07. The Balaban J connectivity index is 1.40. The van der Waals surface area contributed by atoms with E-state index in [2.05, 4.69) is 59.9 Å². The largest absolute Gasteiger partial charge is 0.379 e. The summed E-state index contributed by atoms with van der Waals surface area (Å²) in [6, 6.07) is 10.7. The Hall–Kier alpha value is -3.26. The summed E-state index contributed by atoms with van der Waals surface area (Å²) in [7, 11) is 2.14. The molecular weight excluding hydrogens is 547 g/mol. The number of halogens is 3. The van der Waals surface area contributed by atoms with Gasteiger partial charge in [0.1, 0.15) is 17.6 Å². The van der Waals surface area contributed by atoms with Crippen molar-refractivity contribution in [2.75, 3.05) is 30.8 Å². The molecule has 0 atom stereocenters. The molecule has 11 heteroatoms. The number of nitrogens with one attached hydrogen (secondary N) is 2. The highest BCUT2D eigenvalue weighted by molar-refractivity contribution is 9.10. The zero-order valence-electron chi connectivity index (χ0n) is 19.5. The van der Waals surface area contributed by atoms with Gasteiger partial charge in [-0.15, -0.1) is 5.10 Å². The zero-order valence-corrected chi connectivity index (χ0v) is 21.8. The Labute approximate surface area is 221 Å². The van der Waals surface area contributed by atoms with Crippen LogP contribution in [0, 0.1) is 17.1 Å². The van der Waals surface area contributed by atoms with E-state index in [0.717, 1.165) is 47.2 Å². The van der Waals surface area contributed by atoms with Gasteiger partial charge in [-0.3, -0.25) is 4.98 Å². The molecule has 36 heavy (non-hydrogen) atoms. The quantitative estimate of drug-likeness (QED) is 0.300. The molecule has 0 amide bonds. The Bertz CT molecular complexity index is 1460. The van der Waals surface area contributed by atoms with Gasteiger partial charge in [0.2, 0.25) is 0 Å². The predicted octanol–water partition coefficient (Wildman–Crippen LogP) is 5.88. The molecule has 1 saturated heterocycles. The minimum Gasteiger partial charge on any atom is -0.379 e. The third-order valence-electron chi connectivity index (χ3n) is 6.33. The van der Waals surface area contributed by atoms with Crippen molar-refractivity contribution in [3.05, 3.63) is 69.3 Å². The maximum Gasteiger partial charge on any atom is 0.141 e. The number of fused-ring (bicyclic) bond motifs is 1. The SMILES string of the molecule is CN1CCC(n2cc(CNc3cc(Br)c4ncc(C#N)c(Nc5ccc(F)c(Cl)c5)c4c3)nn2)CC1. The van der Waals surface area contributed by atoms with Crippen LogP contribution in [0.2, 0.25) is 5.02 Å². The summed E-state index contributed by atoms with van der Waals surface area (Å²) >= 11 is 9.56. The molecule has 0 spiro atoms. The van der Waals surface area contributed by atoms with Gasteiger partial charge in [-0.2, -0.15) is 5.26 Å². The first kappa shape index (κ1) is 24.4. The van der Waals surface area contributed by atoms with Crippen LogP contribution in [0.3, 0.4) is 0 Å². The minimum absolute atomic E-state index is 0.00583. The second-order valence-electron chi connectivity index (χ2n) is 8.84. The normalized spacial score (nSPS) is 14.6. The monoisotopic (exact) mass is 568 g/mol. The summed E-state index contributed by atoms with van der Waals surface area (Å²) in [5.41, 5.74) is 3.82. The lowest BCUT2D eigenvalue weighted by atomic mass is 10.1. The average Bonchev–Trinajstić information content (AvgIpc) is 3.35. The molecule has 3 heterocycles. The molecule has 1 aliphatic rings. The number of aromatic nitrogens is 4. The zero-order chi connectivity index (χ0) is 25.2. The second-order valence-corrected chi connectivity index (χ2v) is 10.1. The topological polar surface area (TPSA) is 94.7 Å². The van der Waals surface area contributed by atoms with E-state index < -0.39 is 5.82 Å². The Morgan fingerprint density at radius 1 is 1.22 bits per heavy atom. The van der Waals surface area contributed by atoms with E-state index in [4.69, 9.17) is 11.6 Å². The van der Waals surface area contributed by atoms with Crippen LogP contribution in [0.25, 0.3) is 10.9 Å². The highest BCUT2D eigenvalue weighted by atomic mass is 79.9. The number of benzene rings is 2. The summed E-state index contributed by atoms with van der Waals surface area (Å²) < 4.78 is 16.4. The fraction of sp³-hybridized carbons (Fsp3) is 0.280. The Morgan fingerprint density at radius 3 is 2.78 bits per heavy atom. The van der Waals surface area contributed by atoms with E-state index in [0.29, 0.717) is 35.0 Å². The van der Waals surface area contributed by atoms with Crippen LogP contribution < -0.4 is 10.6 Å². The van der Waals surface area contributed by atoms with Crippen LogP contribution in [-0.4, -0.2) is 45.0 Å². The molecule has 1 aliphatic heterocycles. The number of anilines is 3. The van der Waals surface area contributed by atoms with Gasteiger partial charge in [0, 0.05) is 27.4 Å². The fourth-order valence-electron chi connectivity index (χ4n) is 4.32. The predicted molar refractivity (Wildman–Crippen MR) is 142 cm³/mol. The number of hydrogen-bond donors (Lipinski definition) is 2. The summed E-state index contributed by atoms with van der Waals surface area (Å²) in [5.74, 6) is -0.510. The molecule has 4 aromatic rings. The van der Waals surface area contributed by atoms with E-state index in [1.165, 1.54) is 18.3 Å². The number of nitriles is 1. The highest BCUT2D eigenvalue weighted by Crippen LogP contribution is 2.35. The molecule has 184 valence electrons. The lowest BCUT2D eigenvalue weighted by molar-refractivity contribution is 0.210. The number of rotatable bonds is 6. The van der Waals surface area contributed by atoms with Crippen molar-refractivity contribution in [3.8, 4) is 6.07 Å². The van der Waals surface area contributed by atoms with E-state index in [9.17, 15) is 9.65 Å². The molecule has 2 N–H and O–H groups in total. The van der Waals surface area contributed by atoms with Gasteiger partial charge in [0.15, 0.2) is 0 Å². The molecule has 0 aliphatic carbocycles. The van der Waals surface area contributed by atoms with E-state index in [1.807, 2.05) is 23.0 Å². The summed E-state index contributed by atoms with van der Waals surface area (Å²) in [5, 5.41) is 25.7. The molecule has 0 bridgehead atoms. The van der Waals surface area contributed by atoms with Crippen LogP contribution in [-0.2, 0) is 6.54 Å². The number of likely N-dealkylation sites (tertiary alicyclic amines) is 1. The first-order valence-electron chi connectivity index (χ1n) is 11.5. The number of pyridine rings is 1. The number of nitrogens with zero attached hydrogens (tertiary/aromatic N) is 6. The standard InChI is InChI=1S/C25H23BrClFN8/c1-35-6-4-19(5-7-35)36-14-18(33-34-36)13-30-17-8-20-24(32-16-2-3-23(28)22(27)10-16)15(11-29)12-31-25(20)21(26)9-17/h2-3,8-10,12,14,19,30H,4-7,13H2,1H3,(H,31,32). The number of piperidine rings is 1. The van der Waals surface area contributed by atoms with Gasteiger partial charge in [0.25, 0.3) is 0 Å². The number of hydrogen-bond acceptors (Lipinski definition) is 7. The minimum atomic E-state index is -0.510. The van der Waals surface area contributed by atoms with Gasteiger partial charge in [-0.25, -0.2) is 9.07 Å². The van der Waals surface area contributed by atoms with Gasteiger partial charge in [0.05, 0.1) is 40.6 Å². The van der Waals surface area contributed by atoms with Gasteiger partial charge in [-0.1, -0.05) is 16.8 Å². The molecule has 0 saturated carbocycles. The highest BCUT2D eigenvalue weighted by Gasteiger charge is 2.19. The van der Waals surface area contributed by atoms with Crippen LogP contribution in [0.1, 0.15) is 30.1 Å². The van der Waals surface area contributed by atoms with Crippen molar-refractivity contribution in [3.63, 3.8) is 0 Å². The first-order chi connectivity index (χ1) is 17.4. The smallest absolute Gasteiger partial charge is 0.141 e. The lowest BCUT2D eigenvalue weighted by Crippen LogP contribution is -2.31. The van der Waals surface area contributed by atoms with Crippen molar-refractivity contribution in [1.82, 2.24) is 24.9 Å². The third-order valence-corrected chi connectivity index (χ3v) is 7.22. The second kappa shape index (κ2) is 10.4. The average molecular weight is 570 g/mol. The van der Waals surface area contributed by atoms with E-state index in [1.54, 1.807) is 6.07 Å². The maximum atomic E-state index is 13.6. The van der Waals surface area contributed by atoms with Crippen molar-refractivity contribution < 1.29 is 4.39 Å². The summed E-state index contributed by atoms with van der Waals surface area (Å²) in [6.45, 7) is 2.61. The van der Waals surface area contributed by atoms with Crippen molar-refractivity contribution >= 4 is 55.5 Å².